The van der Waals surface area contributed by atoms with Crippen molar-refractivity contribution in [2.24, 2.45) is 0 Å². The fraction of sp³-hybridized carbons (Fsp3) is 0. The van der Waals surface area contributed by atoms with E-state index in [1.54, 1.807) is 0 Å². The van der Waals surface area contributed by atoms with Gasteiger partial charge in [0.1, 0.15) is 0 Å². The quantitative estimate of drug-likeness (QED) is 0.207. The molecule has 0 aliphatic carbocycles. The molecule has 0 amide bonds. The van der Waals surface area contributed by atoms with Gasteiger partial charge in [-0.25, -0.2) is 0 Å². The molecule has 0 bridgehead atoms. The molecule has 7 rings (SSSR count). The molecule has 0 heterocycles. The minimum absolute atomic E-state index is 0.671. The number of rotatable bonds is 6. The Morgan fingerprint density at radius 2 is 0.791 bits per heavy atom. The van der Waals surface area contributed by atoms with E-state index >= 15 is 0 Å². The lowest BCUT2D eigenvalue weighted by Crippen LogP contribution is -2.09. The molecule has 0 N–H and O–H groups in total. The van der Waals surface area contributed by atoms with E-state index in [1.807, 2.05) is 24.3 Å². The number of hydrogen-bond acceptors (Lipinski definition) is 2. The maximum Gasteiger partial charge on any atom is 0.0991 e. The molecule has 0 spiro atoms. The van der Waals surface area contributed by atoms with Gasteiger partial charge in [-0.15, -0.1) is 0 Å². The summed E-state index contributed by atoms with van der Waals surface area (Å²) in [6.45, 7) is 0. The van der Waals surface area contributed by atoms with E-state index in [1.165, 1.54) is 33.0 Å². The van der Waals surface area contributed by atoms with Crippen LogP contribution in [0, 0.1) is 11.3 Å². The van der Waals surface area contributed by atoms with Gasteiger partial charge in [0, 0.05) is 17.1 Å². The molecule has 0 aliphatic rings. The standard InChI is InChI=1S/C41H28N2/c42-29-30-17-19-31(20-18-30)32-21-23-33(24-22-32)39-15-7-9-35-10-8-16-40(41(35)39)34-25-27-38(28-26-34)43(36-11-3-1-4-12-36)37-13-5-2-6-14-37/h1-28H. The Morgan fingerprint density at radius 3 is 1.28 bits per heavy atom. The first-order valence-corrected chi connectivity index (χ1v) is 14.4. The number of hydrogen-bond donors (Lipinski definition) is 0. The summed E-state index contributed by atoms with van der Waals surface area (Å²) in [6.07, 6.45) is 0. The SMILES string of the molecule is N#Cc1ccc(-c2ccc(-c3cccc4cccc(-c5ccc(N(c6ccccc6)c6ccccc6)cc5)c34)cc2)cc1. The van der Waals surface area contributed by atoms with E-state index in [2.05, 4.69) is 157 Å². The smallest absolute Gasteiger partial charge is 0.0991 e. The van der Waals surface area contributed by atoms with Crippen LogP contribution in [0.1, 0.15) is 5.56 Å². The molecule has 0 saturated heterocycles. The van der Waals surface area contributed by atoms with Crippen LogP contribution >= 0.6 is 0 Å². The molecule has 43 heavy (non-hydrogen) atoms. The molecule has 2 nitrogen and oxygen atoms in total. The zero-order chi connectivity index (χ0) is 29.0. The lowest BCUT2D eigenvalue weighted by atomic mass is 9.90. The molecular weight excluding hydrogens is 520 g/mol. The lowest BCUT2D eigenvalue weighted by molar-refractivity contribution is 1.28. The summed E-state index contributed by atoms with van der Waals surface area (Å²) in [7, 11) is 0. The van der Waals surface area contributed by atoms with Crippen molar-refractivity contribution in [2.75, 3.05) is 4.90 Å². The highest BCUT2D eigenvalue weighted by atomic mass is 15.1. The van der Waals surface area contributed by atoms with Crippen LogP contribution in [0.3, 0.4) is 0 Å². The van der Waals surface area contributed by atoms with Crippen LogP contribution in [0.5, 0.6) is 0 Å². The summed E-state index contributed by atoms with van der Waals surface area (Å²) in [4.78, 5) is 2.29. The Morgan fingerprint density at radius 1 is 0.372 bits per heavy atom. The number of nitriles is 1. The molecule has 0 aromatic heterocycles. The van der Waals surface area contributed by atoms with Crippen molar-refractivity contribution in [1.29, 1.82) is 5.26 Å². The van der Waals surface area contributed by atoms with Crippen LogP contribution in [-0.4, -0.2) is 0 Å². The fourth-order valence-corrected chi connectivity index (χ4v) is 5.79. The van der Waals surface area contributed by atoms with Crippen LogP contribution in [0.25, 0.3) is 44.2 Å². The summed E-state index contributed by atoms with van der Waals surface area (Å²) in [5.74, 6) is 0. The second-order valence-corrected chi connectivity index (χ2v) is 10.5. The highest BCUT2D eigenvalue weighted by Crippen LogP contribution is 2.39. The predicted molar refractivity (Wildman–Crippen MR) is 180 cm³/mol. The molecule has 0 unspecified atom stereocenters. The Labute approximate surface area is 252 Å². The van der Waals surface area contributed by atoms with Crippen molar-refractivity contribution in [2.45, 2.75) is 0 Å². The number of fused-ring (bicyclic) bond motifs is 1. The minimum Gasteiger partial charge on any atom is -0.311 e. The molecule has 0 fully saturated rings. The van der Waals surface area contributed by atoms with Gasteiger partial charge in [-0.1, -0.05) is 121 Å². The monoisotopic (exact) mass is 548 g/mol. The van der Waals surface area contributed by atoms with E-state index < -0.39 is 0 Å². The molecule has 7 aromatic rings. The first-order valence-electron chi connectivity index (χ1n) is 14.4. The summed E-state index contributed by atoms with van der Waals surface area (Å²) < 4.78 is 0. The van der Waals surface area contributed by atoms with Gasteiger partial charge in [0.25, 0.3) is 0 Å². The van der Waals surface area contributed by atoms with E-state index in [0.29, 0.717) is 5.56 Å². The summed E-state index contributed by atoms with van der Waals surface area (Å²) in [5, 5.41) is 11.6. The Kier molecular flexibility index (Phi) is 6.97. The molecule has 0 saturated carbocycles. The molecule has 202 valence electrons. The second kappa shape index (κ2) is 11.5. The van der Waals surface area contributed by atoms with Gasteiger partial charge in [0.2, 0.25) is 0 Å². The van der Waals surface area contributed by atoms with Gasteiger partial charge in [0.15, 0.2) is 0 Å². The number of para-hydroxylation sites is 2. The maximum atomic E-state index is 9.13. The molecule has 0 atom stereocenters. The van der Waals surface area contributed by atoms with Crippen LogP contribution in [0.2, 0.25) is 0 Å². The van der Waals surface area contributed by atoms with Crippen molar-refractivity contribution in [3.63, 3.8) is 0 Å². The Balaban J connectivity index is 1.28. The summed E-state index contributed by atoms with van der Waals surface area (Å²) >= 11 is 0. The van der Waals surface area contributed by atoms with Crippen molar-refractivity contribution in [3.8, 4) is 39.4 Å². The van der Waals surface area contributed by atoms with Crippen molar-refractivity contribution >= 4 is 27.8 Å². The zero-order valence-electron chi connectivity index (χ0n) is 23.6. The van der Waals surface area contributed by atoms with Crippen molar-refractivity contribution < 1.29 is 0 Å². The largest absolute Gasteiger partial charge is 0.311 e. The highest BCUT2D eigenvalue weighted by molar-refractivity contribution is 6.06. The lowest BCUT2D eigenvalue weighted by Gasteiger charge is -2.25. The van der Waals surface area contributed by atoms with Crippen LogP contribution in [0.15, 0.2) is 170 Å². The third kappa shape index (κ3) is 5.17. The molecule has 2 heteroatoms. The van der Waals surface area contributed by atoms with Crippen LogP contribution in [-0.2, 0) is 0 Å². The van der Waals surface area contributed by atoms with Gasteiger partial charge in [-0.2, -0.15) is 5.26 Å². The van der Waals surface area contributed by atoms with E-state index in [9.17, 15) is 0 Å². The predicted octanol–water partition coefficient (Wildman–Crippen LogP) is 11.2. The van der Waals surface area contributed by atoms with Gasteiger partial charge in [-0.05, 0) is 92.7 Å². The maximum absolute atomic E-state index is 9.13. The Hall–Kier alpha value is -5.91. The first-order chi connectivity index (χ1) is 21.3. The van der Waals surface area contributed by atoms with E-state index in [4.69, 9.17) is 5.26 Å². The molecule has 0 radical (unpaired) electrons. The average molecular weight is 549 g/mol. The number of anilines is 3. The first kappa shape index (κ1) is 26.0. The van der Waals surface area contributed by atoms with Gasteiger partial charge >= 0.3 is 0 Å². The third-order valence-electron chi connectivity index (χ3n) is 7.91. The van der Waals surface area contributed by atoms with Gasteiger partial charge < -0.3 is 4.90 Å². The van der Waals surface area contributed by atoms with E-state index in [0.717, 1.165) is 28.2 Å². The summed E-state index contributed by atoms with van der Waals surface area (Å²) in [6, 6.07) is 61.6. The van der Waals surface area contributed by atoms with Crippen LogP contribution < -0.4 is 4.90 Å². The number of benzene rings is 7. The summed E-state index contributed by atoms with van der Waals surface area (Å²) in [5.41, 5.74) is 11.0. The van der Waals surface area contributed by atoms with E-state index in [-0.39, 0.29) is 0 Å². The Bertz CT molecular complexity index is 1990. The highest BCUT2D eigenvalue weighted by Gasteiger charge is 2.14. The topological polar surface area (TPSA) is 27.0 Å². The molecule has 7 aromatic carbocycles. The third-order valence-corrected chi connectivity index (χ3v) is 7.91. The van der Waals surface area contributed by atoms with Crippen molar-refractivity contribution in [3.05, 3.63) is 175 Å². The van der Waals surface area contributed by atoms with Crippen molar-refractivity contribution in [1.82, 2.24) is 0 Å². The molecule has 0 aliphatic heterocycles. The zero-order valence-corrected chi connectivity index (χ0v) is 23.6. The van der Waals surface area contributed by atoms with Gasteiger partial charge in [-0.3, -0.25) is 0 Å². The number of nitrogens with zero attached hydrogens (tertiary/aromatic N) is 2. The average Bonchev–Trinajstić information content (AvgIpc) is 3.09. The normalized spacial score (nSPS) is 10.8. The second-order valence-electron chi connectivity index (χ2n) is 10.5. The van der Waals surface area contributed by atoms with Gasteiger partial charge in [0.05, 0.1) is 11.6 Å². The molecular formula is C41H28N2. The van der Waals surface area contributed by atoms with Crippen LogP contribution in [0.4, 0.5) is 17.1 Å². The minimum atomic E-state index is 0.671. The fourth-order valence-electron chi connectivity index (χ4n) is 5.79.